The topological polar surface area (TPSA) is 17.1 Å². The molecule has 0 bridgehead atoms. The fourth-order valence-corrected chi connectivity index (χ4v) is 0.795. The smallest absolute Gasteiger partial charge is 0.288 e. The highest BCUT2D eigenvalue weighted by molar-refractivity contribution is 5.95. The molecular weight excluding hydrogens is 186 g/mol. The molecule has 0 saturated heterocycles. The third-order valence-corrected chi connectivity index (χ3v) is 1.52. The molecule has 0 atom stereocenters. The molecule has 0 aromatic carbocycles. The second kappa shape index (κ2) is 8.85. The van der Waals surface area contributed by atoms with Crippen LogP contribution in [0.25, 0.3) is 0 Å². The maximum Gasteiger partial charge on any atom is 0.309 e. The van der Waals surface area contributed by atoms with Crippen LogP contribution in [0.2, 0.25) is 0 Å². The van der Waals surface area contributed by atoms with Crippen LogP contribution in [0, 0.1) is 0 Å². The van der Waals surface area contributed by atoms with Gasteiger partial charge in [0.2, 0.25) is 5.78 Å². The number of allylic oxidation sites excluding steroid dienone is 2. The van der Waals surface area contributed by atoms with E-state index in [0.717, 1.165) is 6.08 Å². The quantitative estimate of drug-likeness (QED) is 0.622. The van der Waals surface area contributed by atoms with Crippen LogP contribution in [0.5, 0.6) is 0 Å². The molecule has 0 amide bonds. The van der Waals surface area contributed by atoms with Gasteiger partial charge in [-0.1, -0.05) is 33.3 Å². The predicted molar refractivity (Wildman–Crippen MR) is 55.6 cm³/mol. The van der Waals surface area contributed by atoms with Gasteiger partial charge in [-0.2, -0.15) is 8.78 Å². The Balaban J connectivity index is 0. The van der Waals surface area contributed by atoms with Crippen LogP contribution in [0.4, 0.5) is 8.78 Å². The Morgan fingerprint density at radius 1 is 1.36 bits per heavy atom. The van der Waals surface area contributed by atoms with Crippen molar-refractivity contribution in [3.8, 4) is 0 Å². The van der Waals surface area contributed by atoms with E-state index >= 15 is 0 Å². The standard InChI is InChI=1S/C9H14F2O.C2H6/c1-3-5-7-9(10,11)8(12)6-4-2;1-2/h4,6H,3,5,7H2,1-2H3;1-2H3/b6-4+;. The van der Waals surface area contributed by atoms with Gasteiger partial charge in [-0.05, 0) is 19.4 Å². The lowest BCUT2D eigenvalue weighted by Gasteiger charge is -2.11. The van der Waals surface area contributed by atoms with Crippen molar-refractivity contribution in [3.05, 3.63) is 12.2 Å². The molecule has 0 aromatic rings. The molecule has 0 unspecified atom stereocenters. The Morgan fingerprint density at radius 2 is 1.86 bits per heavy atom. The number of ketones is 1. The van der Waals surface area contributed by atoms with E-state index in [1.54, 1.807) is 6.92 Å². The molecule has 84 valence electrons. The molecule has 0 aromatic heterocycles. The van der Waals surface area contributed by atoms with Gasteiger partial charge in [-0.25, -0.2) is 0 Å². The number of rotatable bonds is 5. The molecule has 0 radical (unpaired) electrons. The molecule has 0 heterocycles. The van der Waals surface area contributed by atoms with Gasteiger partial charge in [0, 0.05) is 6.42 Å². The maximum atomic E-state index is 12.8. The lowest BCUT2D eigenvalue weighted by molar-refractivity contribution is -0.138. The minimum Gasteiger partial charge on any atom is -0.288 e. The first-order valence-corrected chi connectivity index (χ1v) is 5.09. The second-order valence-electron chi connectivity index (χ2n) is 2.67. The molecule has 0 saturated carbocycles. The van der Waals surface area contributed by atoms with E-state index in [-0.39, 0.29) is 6.42 Å². The first-order chi connectivity index (χ1) is 6.54. The van der Waals surface area contributed by atoms with Gasteiger partial charge in [0.25, 0.3) is 0 Å². The largest absolute Gasteiger partial charge is 0.309 e. The predicted octanol–water partition coefficient (Wildman–Crippen LogP) is 3.98. The lowest BCUT2D eigenvalue weighted by Crippen LogP contribution is -2.26. The summed E-state index contributed by atoms with van der Waals surface area (Å²) in [6.07, 6.45) is 2.99. The SMILES string of the molecule is C/C=C/C(=O)C(F)(F)CCCC.CC. The van der Waals surface area contributed by atoms with Gasteiger partial charge in [0.05, 0.1) is 0 Å². The highest BCUT2D eigenvalue weighted by Crippen LogP contribution is 2.22. The van der Waals surface area contributed by atoms with E-state index in [9.17, 15) is 13.6 Å². The van der Waals surface area contributed by atoms with Gasteiger partial charge in [-0.3, -0.25) is 4.79 Å². The third kappa shape index (κ3) is 6.75. The molecule has 0 aliphatic carbocycles. The molecule has 0 aliphatic heterocycles. The minimum atomic E-state index is -3.16. The van der Waals surface area contributed by atoms with Crippen LogP contribution < -0.4 is 0 Å². The number of hydrogen-bond acceptors (Lipinski definition) is 1. The highest BCUT2D eigenvalue weighted by atomic mass is 19.3. The molecular formula is C11H20F2O. The van der Waals surface area contributed by atoms with Crippen molar-refractivity contribution in [2.75, 3.05) is 0 Å². The van der Waals surface area contributed by atoms with E-state index in [1.165, 1.54) is 6.08 Å². The molecule has 0 spiro atoms. The van der Waals surface area contributed by atoms with Crippen molar-refractivity contribution in [2.24, 2.45) is 0 Å². The minimum absolute atomic E-state index is 0.341. The summed E-state index contributed by atoms with van der Waals surface area (Å²) in [7, 11) is 0. The van der Waals surface area contributed by atoms with Gasteiger partial charge in [0.1, 0.15) is 0 Å². The fourth-order valence-electron chi connectivity index (χ4n) is 0.795. The molecule has 0 aliphatic rings. The zero-order chi connectivity index (χ0) is 11.6. The summed E-state index contributed by atoms with van der Waals surface area (Å²) in [6, 6.07) is 0. The molecule has 14 heavy (non-hydrogen) atoms. The van der Waals surface area contributed by atoms with E-state index < -0.39 is 11.7 Å². The Hall–Kier alpha value is -0.730. The summed E-state index contributed by atoms with van der Waals surface area (Å²) in [5.41, 5.74) is 0. The number of halogens is 2. The van der Waals surface area contributed by atoms with Crippen LogP contribution in [0.1, 0.15) is 47.0 Å². The van der Waals surface area contributed by atoms with E-state index in [0.29, 0.717) is 12.8 Å². The number of hydrogen-bond donors (Lipinski definition) is 0. The number of carbonyl (C=O) groups excluding carboxylic acids is 1. The van der Waals surface area contributed by atoms with Crippen molar-refractivity contribution in [2.45, 2.75) is 52.9 Å². The van der Waals surface area contributed by atoms with Crippen molar-refractivity contribution in [1.82, 2.24) is 0 Å². The summed E-state index contributed by atoms with van der Waals surface area (Å²) >= 11 is 0. The Labute approximate surface area is 85.2 Å². The third-order valence-electron chi connectivity index (χ3n) is 1.52. The molecule has 3 heteroatoms. The Kier molecular flexibility index (Phi) is 9.94. The first kappa shape index (κ1) is 15.7. The van der Waals surface area contributed by atoms with E-state index in [2.05, 4.69) is 0 Å². The van der Waals surface area contributed by atoms with Crippen LogP contribution in [-0.2, 0) is 4.79 Å². The van der Waals surface area contributed by atoms with Crippen molar-refractivity contribution in [3.63, 3.8) is 0 Å². The zero-order valence-electron chi connectivity index (χ0n) is 9.44. The second-order valence-corrected chi connectivity index (χ2v) is 2.67. The van der Waals surface area contributed by atoms with Crippen LogP contribution in [0.15, 0.2) is 12.2 Å². The zero-order valence-corrected chi connectivity index (χ0v) is 9.44. The van der Waals surface area contributed by atoms with Crippen LogP contribution >= 0.6 is 0 Å². The number of alkyl halides is 2. The average Bonchev–Trinajstić information content (AvgIpc) is 2.18. The Morgan fingerprint density at radius 3 is 2.21 bits per heavy atom. The van der Waals surface area contributed by atoms with Crippen LogP contribution in [0.3, 0.4) is 0 Å². The highest BCUT2D eigenvalue weighted by Gasteiger charge is 2.35. The van der Waals surface area contributed by atoms with Crippen molar-refractivity contribution < 1.29 is 13.6 Å². The Bertz CT molecular complexity index is 174. The summed E-state index contributed by atoms with van der Waals surface area (Å²) < 4.78 is 25.6. The summed E-state index contributed by atoms with van der Waals surface area (Å²) in [4.78, 5) is 10.7. The van der Waals surface area contributed by atoms with E-state index in [1.807, 2.05) is 20.8 Å². The monoisotopic (exact) mass is 206 g/mol. The molecule has 0 fully saturated rings. The molecule has 1 nitrogen and oxygen atoms in total. The first-order valence-electron chi connectivity index (χ1n) is 5.09. The molecule has 0 N–H and O–H groups in total. The number of unbranched alkanes of at least 4 members (excludes halogenated alkanes) is 1. The van der Waals surface area contributed by atoms with Crippen molar-refractivity contribution >= 4 is 5.78 Å². The van der Waals surface area contributed by atoms with Gasteiger partial charge in [0.15, 0.2) is 0 Å². The van der Waals surface area contributed by atoms with Gasteiger partial charge in [-0.15, -0.1) is 0 Å². The summed E-state index contributed by atoms with van der Waals surface area (Å²) in [5, 5.41) is 0. The summed E-state index contributed by atoms with van der Waals surface area (Å²) in [5.74, 6) is -4.25. The van der Waals surface area contributed by atoms with Gasteiger partial charge >= 0.3 is 5.92 Å². The van der Waals surface area contributed by atoms with Crippen molar-refractivity contribution in [1.29, 1.82) is 0 Å². The maximum absolute atomic E-state index is 12.8. The molecule has 0 rings (SSSR count). The van der Waals surface area contributed by atoms with Crippen LogP contribution in [-0.4, -0.2) is 11.7 Å². The average molecular weight is 206 g/mol. The van der Waals surface area contributed by atoms with Gasteiger partial charge < -0.3 is 0 Å². The number of carbonyl (C=O) groups is 1. The van der Waals surface area contributed by atoms with E-state index in [4.69, 9.17) is 0 Å². The summed E-state index contributed by atoms with van der Waals surface area (Å²) in [6.45, 7) is 7.37. The lowest BCUT2D eigenvalue weighted by atomic mass is 10.1. The normalized spacial score (nSPS) is 11.0. The fraction of sp³-hybridized carbons (Fsp3) is 0.727.